The van der Waals surface area contributed by atoms with Crippen LogP contribution in [0.5, 0.6) is 0 Å². The lowest BCUT2D eigenvalue weighted by Gasteiger charge is -2.18. The quantitative estimate of drug-likeness (QED) is 0.824. The Labute approximate surface area is 107 Å². The SMILES string of the molecule is CCC(CC)CNC1CCc2sc(Cl)cc21. The van der Waals surface area contributed by atoms with Crippen molar-refractivity contribution in [3.63, 3.8) is 0 Å². The second-order valence-electron chi connectivity index (χ2n) is 4.61. The number of hydrogen-bond acceptors (Lipinski definition) is 2. The number of aryl methyl sites for hydroxylation is 1. The highest BCUT2D eigenvalue weighted by Gasteiger charge is 2.24. The van der Waals surface area contributed by atoms with Crippen LogP contribution in [-0.2, 0) is 6.42 Å². The lowest BCUT2D eigenvalue weighted by Crippen LogP contribution is -2.25. The molecule has 1 aromatic heterocycles. The Morgan fingerprint density at radius 3 is 2.94 bits per heavy atom. The van der Waals surface area contributed by atoms with Crippen LogP contribution in [0, 0.1) is 5.92 Å². The first-order valence-corrected chi connectivity index (χ1v) is 7.45. The lowest BCUT2D eigenvalue weighted by molar-refractivity contribution is 0.410. The molecule has 1 nitrogen and oxygen atoms in total. The molecule has 1 atom stereocenters. The zero-order chi connectivity index (χ0) is 11.5. The van der Waals surface area contributed by atoms with Crippen molar-refractivity contribution in [2.24, 2.45) is 5.92 Å². The van der Waals surface area contributed by atoms with E-state index < -0.39 is 0 Å². The van der Waals surface area contributed by atoms with E-state index in [1.807, 2.05) is 0 Å². The topological polar surface area (TPSA) is 12.0 Å². The van der Waals surface area contributed by atoms with Crippen molar-refractivity contribution < 1.29 is 0 Å². The van der Waals surface area contributed by atoms with Gasteiger partial charge in [0.2, 0.25) is 0 Å². The minimum absolute atomic E-state index is 0.555. The molecule has 2 rings (SSSR count). The summed E-state index contributed by atoms with van der Waals surface area (Å²) in [5, 5.41) is 3.70. The molecule has 1 N–H and O–H groups in total. The summed E-state index contributed by atoms with van der Waals surface area (Å²) in [6, 6.07) is 2.71. The van der Waals surface area contributed by atoms with Crippen LogP contribution in [0.25, 0.3) is 0 Å². The van der Waals surface area contributed by atoms with Gasteiger partial charge in [-0.05, 0) is 36.9 Å². The van der Waals surface area contributed by atoms with Crippen molar-refractivity contribution in [3.05, 3.63) is 20.8 Å². The lowest BCUT2D eigenvalue weighted by atomic mass is 10.0. The molecule has 0 fully saturated rings. The molecule has 90 valence electrons. The zero-order valence-electron chi connectivity index (χ0n) is 10.1. The number of thiophene rings is 1. The molecule has 1 unspecified atom stereocenters. The number of halogens is 1. The number of rotatable bonds is 5. The van der Waals surface area contributed by atoms with Gasteiger partial charge < -0.3 is 5.32 Å². The van der Waals surface area contributed by atoms with E-state index in [9.17, 15) is 0 Å². The van der Waals surface area contributed by atoms with Gasteiger partial charge in [-0.1, -0.05) is 38.3 Å². The van der Waals surface area contributed by atoms with Crippen LogP contribution < -0.4 is 5.32 Å². The van der Waals surface area contributed by atoms with Crippen molar-refractivity contribution >= 4 is 22.9 Å². The molecule has 1 heterocycles. The molecule has 0 saturated carbocycles. The summed E-state index contributed by atoms with van der Waals surface area (Å²) in [6.07, 6.45) is 4.99. The Kier molecular flexibility index (Phi) is 4.28. The first-order valence-electron chi connectivity index (χ1n) is 6.26. The molecule has 1 aromatic rings. The smallest absolute Gasteiger partial charge is 0.0934 e. The van der Waals surface area contributed by atoms with Gasteiger partial charge in [0.05, 0.1) is 4.34 Å². The second-order valence-corrected chi connectivity index (χ2v) is 6.38. The number of nitrogens with one attached hydrogen (secondary N) is 1. The van der Waals surface area contributed by atoms with Crippen molar-refractivity contribution in [1.29, 1.82) is 0 Å². The molecule has 3 heteroatoms. The van der Waals surface area contributed by atoms with Gasteiger partial charge in [0.15, 0.2) is 0 Å². The predicted molar refractivity (Wildman–Crippen MR) is 72.5 cm³/mol. The maximum atomic E-state index is 6.05. The average molecular weight is 258 g/mol. The molecule has 0 bridgehead atoms. The highest BCUT2D eigenvalue weighted by Crippen LogP contribution is 2.39. The third-order valence-corrected chi connectivity index (χ3v) is 4.99. The van der Waals surface area contributed by atoms with Gasteiger partial charge in [0.1, 0.15) is 0 Å². The van der Waals surface area contributed by atoms with Gasteiger partial charge >= 0.3 is 0 Å². The fourth-order valence-electron chi connectivity index (χ4n) is 2.43. The molecule has 0 aromatic carbocycles. The Bertz CT molecular complexity index is 344. The summed E-state index contributed by atoms with van der Waals surface area (Å²) in [4.78, 5) is 1.49. The van der Waals surface area contributed by atoms with E-state index in [2.05, 4.69) is 25.2 Å². The first kappa shape index (κ1) is 12.4. The van der Waals surface area contributed by atoms with Crippen molar-refractivity contribution in [2.45, 2.75) is 45.6 Å². The molecule has 0 spiro atoms. The second kappa shape index (κ2) is 5.52. The van der Waals surface area contributed by atoms with Crippen LogP contribution in [0.15, 0.2) is 6.07 Å². The molecule has 0 saturated heterocycles. The fourth-order valence-corrected chi connectivity index (χ4v) is 3.79. The van der Waals surface area contributed by atoms with E-state index in [-0.39, 0.29) is 0 Å². The Morgan fingerprint density at radius 2 is 2.25 bits per heavy atom. The predicted octanol–water partition coefficient (Wildman–Crippen LogP) is 4.41. The highest BCUT2D eigenvalue weighted by atomic mass is 35.5. The van der Waals surface area contributed by atoms with E-state index >= 15 is 0 Å². The van der Waals surface area contributed by atoms with E-state index in [1.54, 1.807) is 11.3 Å². The third kappa shape index (κ3) is 2.61. The number of hydrogen-bond donors (Lipinski definition) is 1. The Hall–Kier alpha value is -0.0500. The monoisotopic (exact) mass is 257 g/mol. The van der Waals surface area contributed by atoms with Crippen LogP contribution in [0.3, 0.4) is 0 Å². The van der Waals surface area contributed by atoms with Gasteiger partial charge in [-0.25, -0.2) is 0 Å². The normalized spacial score (nSPS) is 19.4. The standard InChI is InChI=1S/C13H20ClNS/c1-3-9(4-2)8-15-11-5-6-12-10(11)7-13(14)16-12/h7,9,11,15H,3-6,8H2,1-2H3. The van der Waals surface area contributed by atoms with Crippen LogP contribution in [-0.4, -0.2) is 6.54 Å². The van der Waals surface area contributed by atoms with Crippen LogP contribution >= 0.6 is 22.9 Å². The van der Waals surface area contributed by atoms with Gasteiger partial charge in [-0.2, -0.15) is 0 Å². The largest absolute Gasteiger partial charge is 0.310 e. The zero-order valence-corrected chi connectivity index (χ0v) is 11.6. The van der Waals surface area contributed by atoms with Gasteiger partial charge in [-0.15, -0.1) is 11.3 Å². The third-order valence-electron chi connectivity index (χ3n) is 3.65. The van der Waals surface area contributed by atoms with Crippen molar-refractivity contribution in [2.75, 3.05) is 6.54 Å². The van der Waals surface area contributed by atoms with E-state index in [4.69, 9.17) is 11.6 Å². The summed E-state index contributed by atoms with van der Waals surface area (Å²) in [5.41, 5.74) is 1.46. The maximum Gasteiger partial charge on any atom is 0.0934 e. The summed E-state index contributed by atoms with van der Waals surface area (Å²) in [6.45, 7) is 5.69. The molecular formula is C13H20ClNS. The molecule has 16 heavy (non-hydrogen) atoms. The van der Waals surface area contributed by atoms with Crippen LogP contribution in [0.4, 0.5) is 0 Å². The Balaban J connectivity index is 1.92. The van der Waals surface area contributed by atoms with E-state index in [0.29, 0.717) is 6.04 Å². The van der Waals surface area contributed by atoms with Gasteiger partial charge in [-0.3, -0.25) is 0 Å². The summed E-state index contributed by atoms with van der Waals surface area (Å²) < 4.78 is 0.944. The van der Waals surface area contributed by atoms with Gasteiger partial charge in [0, 0.05) is 10.9 Å². The summed E-state index contributed by atoms with van der Waals surface area (Å²) in [5.74, 6) is 0.818. The van der Waals surface area contributed by atoms with Crippen molar-refractivity contribution in [1.82, 2.24) is 5.32 Å². The van der Waals surface area contributed by atoms with E-state index in [1.165, 1.54) is 36.1 Å². The van der Waals surface area contributed by atoms with Crippen LogP contribution in [0.1, 0.15) is 49.6 Å². The number of fused-ring (bicyclic) bond motifs is 1. The highest BCUT2D eigenvalue weighted by molar-refractivity contribution is 7.16. The van der Waals surface area contributed by atoms with Gasteiger partial charge in [0.25, 0.3) is 0 Å². The maximum absolute atomic E-state index is 6.05. The molecular weight excluding hydrogens is 238 g/mol. The Morgan fingerprint density at radius 1 is 1.50 bits per heavy atom. The van der Waals surface area contributed by atoms with Crippen molar-refractivity contribution in [3.8, 4) is 0 Å². The molecule has 0 radical (unpaired) electrons. The molecule has 1 aliphatic carbocycles. The van der Waals surface area contributed by atoms with E-state index in [0.717, 1.165) is 16.8 Å². The minimum Gasteiger partial charge on any atom is -0.310 e. The first-order chi connectivity index (χ1) is 7.74. The van der Waals surface area contributed by atoms with Crippen LogP contribution in [0.2, 0.25) is 4.34 Å². The summed E-state index contributed by atoms with van der Waals surface area (Å²) >= 11 is 7.80. The molecule has 0 aliphatic heterocycles. The average Bonchev–Trinajstić information content (AvgIpc) is 2.80. The minimum atomic E-state index is 0.555. The molecule has 1 aliphatic rings. The molecule has 0 amide bonds. The summed E-state index contributed by atoms with van der Waals surface area (Å²) in [7, 11) is 0. The fraction of sp³-hybridized carbons (Fsp3) is 0.692.